The number of rotatable bonds is 8. The summed E-state index contributed by atoms with van der Waals surface area (Å²) >= 11 is 0. The lowest BCUT2D eigenvalue weighted by molar-refractivity contribution is -0.128. The highest BCUT2D eigenvalue weighted by Gasteiger charge is 2.20. The van der Waals surface area contributed by atoms with Crippen molar-refractivity contribution in [2.24, 2.45) is 5.41 Å². The Kier molecular flexibility index (Phi) is 8.60. The van der Waals surface area contributed by atoms with Crippen LogP contribution in [0, 0.1) is 5.41 Å². The van der Waals surface area contributed by atoms with Gasteiger partial charge in [-0.1, -0.05) is 40.0 Å². The molecule has 0 bridgehead atoms. The molecule has 0 aliphatic heterocycles. The first-order valence-corrected chi connectivity index (χ1v) is 8.12. The number of hydrogen-bond acceptors (Lipinski definition) is 2. The third-order valence-electron chi connectivity index (χ3n) is 3.06. The van der Waals surface area contributed by atoms with E-state index in [1.165, 1.54) is 0 Å². The molecule has 0 saturated heterocycles. The van der Waals surface area contributed by atoms with E-state index >= 15 is 0 Å². The molecule has 0 aromatic rings. The lowest BCUT2D eigenvalue weighted by atomic mass is 9.96. The monoisotopic (exact) mass is 298 g/mol. The van der Waals surface area contributed by atoms with Crippen LogP contribution in [0.5, 0.6) is 0 Å². The fourth-order valence-corrected chi connectivity index (χ4v) is 1.89. The van der Waals surface area contributed by atoms with Crippen LogP contribution in [0.4, 0.5) is 0 Å². The first-order chi connectivity index (χ1) is 9.52. The summed E-state index contributed by atoms with van der Waals surface area (Å²) in [5.74, 6) is 0.251. The molecule has 0 aliphatic carbocycles. The molecule has 0 heterocycles. The van der Waals surface area contributed by atoms with Crippen molar-refractivity contribution in [3.8, 4) is 0 Å². The maximum Gasteiger partial charge on any atom is 0.225 e. The first-order valence-electron chi connectivity index (χ1n) is 8.12. The molecule has 0 unspecified atom stereocenters. The summed E-state index contributed by atoms with van der Waals surface area (Å²) in [4.78, 5) is 23.2. The van der Waals surface area contributed by atoms with Crippen molar-refractivity contribution in [1.29, 1.82) is 0 Å². The molecular formula is C17H34N2O2. The molecule has 0 radical (unpaired) electrons. The fourth-order valence-electron chi connectivity index (χ4n) is 1.89. The van der Waals surface area contributed by atoms with E-state index in [1.807, 2.05) is 41.5 Å². The third-order valence-corrected chi connectivity index (χ3v) is 3.06. The number of amides is 2. The molecule has 0 aromatic carbocycles. The Morgan fingerprint density at radius 3 is 1.86 bits per heavy atom. The van der Waals surface area contributed by atoms with Crippen molar-refractivity contribution in [1.82, 2.24) is 10.6 Å². The smallest absolute Gasteiger partial charge is 0.225 e. The highest BCUT2D eigenvalue weighted by Crippen LogP contribution is 2.12. The molecule has 4 heteroatoms. The highest BCUT2D eigenvalue weighted by molar-refractivity contribution is 5.81. The summed E-state index contributed by atoms with van der Waals surface area (Å²) in [6, 6.07) is 0. The van der Waals surface area contributed by atoms with Gasteiger partial charge in [-0.2, -0.15) is 0 Å². The maximum absolute atomic E-state index is 11.6. The van der Waals surface area contributed by atoms with E-state index in [4.69, 9.17) is 0 Å². The van der Waals surface area contributed by atoms with Gasteiger partial charge in [0.05, 0.1) is 0 Å². The van der Waals surface area contributed by atoms with Gasteiger partial charge in [0.1, 0.15) is 0 Å². The zero-order valence-corrected chi connectivity index (χ0v) is 14.8. The lowest BCUT2D eigenvalue weighted by Gasteiger charge is -2.20. The first kappa shape index (κ1) is 19.9. The van der Waals surface area contributed by atoms with Crippen LogP contribution in [0.2, 0.25) is 0 Å². The molecule has 0 saturated carbocycles. The number of nitrogens with one attached hydrogen (secondary N) is 2. The van der Waals surface area contributed by atoms with Crippen molar-refractivity contribution in [3.63, 3.8) is 0 Å². The summed E-state index contributed by atoms with van der Waals surface area (Å²) in [6.45, 7) is 12.5. The molecule has 0 rings (SSSR count). The molecule has 21 heavy (non-hydrogen) atoms. The molecule has 0 atom stereocenters. The Balaban J connectivity index is 3.46. The maximum atomic E-state index is 11.6. The Morgan fingerprint density at radius 1 is 0.810 bits per heavy atom. The average molecular weight is 298 g/mol. The van der Waals surface area contributed by atoms with E-state index in [0.29, 0.717) is 6.42 Å². The van der Waals surface area contributed by atoms with Gasteiger partial charge in [-0.05, 0) is 33.6 Å². The SMILES string of the molecule is CC(C)(C)NC(=O)CCCCCCCNC(=O)C(C)(C)C. The Hall–Kier alpha value is -1.06. The largest absolute Gasteiger partial charge is 0.356 e. The van der Waals surface area contributed by atoms with E-state index < -0.39 is 0 Å². The summed E-state index contributed by atoms with van der Waals surface area (Å²) in [5.41, 5.74) is -0.442. The Bertz CT molecular complexity index is 325. The van der Waals surface area contributed by atoms with Crippen LogP contribution < -0.4 is 10.6 Å². The predicted octanol–water partition coefficient (Wildman–Crippen LogP) is 3.40. The number of carbonyl (C=O) groups is 2. The summed E-state index contributed by atoms with van der Waals surface area (Å²) in [6.07, 6.45) is 5.86. The summed E-state index contributed by atoms with van der Waals surface area (Å²) < 4.78 is 0. The lowest BCUT2D eigenvalue weighted by Crippen LogP contribution is -2.40. The van der Waals surface area contributed by atoms with Gasteiger partial charge in [-0.25, -0.2) is 0 Å². The van der Waals surface area contributed by atoms with E-state index in [0.717, 1.165) is 38.6 Å². The van der Waals surface area contributed by atoms with Crippen molar-refractivity contribution in [3.05, 3.63) is 0 Å². The minimum atomic E-state index is -0.305. The normalized spacial score (nSPS) is 12.1. The van der Waals surface area contributed by atoms with Crippen LogP contribution in [-0.2, 0) is 9.59 Å². The summed E-state index contributed by atoms with van der Waals surface area (Å²) in [5, 5.41) is 5.92. The van der Waals surface area contributed by atoms with Gasteiger partial charge < -0.3 is 10.6 Å². The van der Waals surface area contributed by atoms with Gasteiger partial charge in [0, 0.05) is 23.9 Å². The van der Waals surface area contributed by atoms with Crippen LogP contribution >= 0.6 is 0 Å². The number of hydrogen-bond donors (Lipinski definition) is 2. The zero-order valence-electron chi connectivity index (χ0n) is 14.8. The van der Waals surface area contributed by atoms with Crippen LogP contribution in [0.3, 0.4) is 0 Å². The second-order valence-electron chi connectivity index (χ2n) is 7.82. The Morgan fingerprint density at radius 2 is 1.33 bits per heavy atom. The van der Waals surface area contributed by atoms with Gasteiger partial charge in [-0.15, -0.1) is 0 Å². The second kappa shape index (κ2) is 9.06. The van der Waals surface area contributed by atoms with E-state index in [1.54, 1.807) is 0 Å². The highest BCUT2D eigenvalue weighted by atomic mass is 16.2. The van der Waals surface area contributed by atoms with Crippen molar-refractivity contribution >= 4 is 11.8 Å². The van der Waals surface area contributed by atoms with Gasteiger partial charge in [-0.3, -0.25) is 9.59 Å². The van der Waals surface area contributed by atoms with E-state index in [-0.39, 0.29) is 22.8 Å². The van der Waals surface area contributed by atoms with Crippen molar-refractivity contribution in [2.75, 3.05) is 6.54 Å². The van der Waals surface area contributed by atoms with Gasteiger partial charge >= 0.3 is 0 Å². The molecule has 2 N–H and O–H groups in total. The molecule has 0 fully saturated rings. The van der Waals surface area contributed by atoms with Crippen LogP contribution in [0.15, 0.2) is 0 Å². The fraction of sp³-hybridized carbons (Fsp3) is 0.882. The molecule has 0 spiro atoms. The zero-order chi connectivity index (χ0) is 16.5. The number of unbranched alkanes of at least 4 members (excludes halogenated alkanes) is 4. The van der Waals surface area contributed by atoms with Gasteiger partial charge in [0.15, 0.2) is 0 Å². The number of carbonyl (C=O) groups excluding carboxylic acids is 2. The van der Waals surface area contributed by atoms with Crippen LogP contribution in [0.1, 0.15) is 80.1 Å². The molecular weight excluding hydrogens is 264 g/mol. The van der Waals surface area contributed by atoms with Gasteiger partial charge in [0.25, 0.3) is 0 Å². The minimum Gasteiger partial charge on any atom is -0.356 e. The van der Waals surface area contributed by atoms with Crippen LogP contribution in [-0.4, -0.2) is 23.9 Å². The average Bonchev–Trinajstić information content (AvgIpc) is 2.28. The summed E-state index contributed by atoms with van der Waals surface area (Å²) in [7, 11) is 0. The molecule has 0 aromatic heterocycles. The molecule has 0 aliphatic rings. The molecule has 124 valence electrons. The van der Waals surface area contributed by atoms with E-state index in [9.17, 15) is 9.59 Å². The minimum absolute atomic E-state index is 0.112. The topological polar surface area (TPSA) is 58.2 Å². The van der Waals surface area contributed by atoms with Crippen LogP contribution in [0.25, 0.3) is 0 Å². The van der Waals surface area contributed by atoms with Gasteiger partial charge in [0.2, 0.25) is 11.8 Å². The molecule has 4 nitrogen and oxygen atoms in total. The van der Waals surface area contributed by atoms with Crippen molar-refractivity contribution in [2.45, 2.75) is 85.6 Å². The second-order valence-corrected chi connectivity index (χ2v) is 7.82. The Labute approximate surface area is 130 Å². The van der Waals surface area contributed by atoms with E-state index in [2.05, 4.69) is 10.6 Å². The third kappa shape index (κ3) is 12.4. The predicted molar refractivity (Wildman–Crippen MR) is 88.1 cm³/mol. The quantitative estimate of drug-likeness (QED) is 0.675. The van der Waals surface area contributed by atoms with Crippen molar-refractivity contribution < 1.29 is 9.59 Å². The molecule has 2 amide bonds. The standard InChI is InChI=1S/C17H34N2O2/c1-16(2,3)15(21)18-13-11-9-7-8-10-12-14(20)19-17(4,5)6/h7-13H2,1-6H3,(H,18,21)(H,19,20).